The molecule has 0 saturated heterocycles. The van der Waals surface area contributed by atoms with E-state index in [0.29, 0.717) is 5.69 Å². The number of nitrogens with one attached hydrogen (secondary N) is 1. The Balaban J connectivity index is 1.89. The van der Waals surface area contributed by atoms with Crippen molar-refractivity contribution in [3.63, 3.8) is 0 Å². The minimum atomic E-state index is -0.766. The fourth-order valence-corrected chi connectivity index (χ4v) is 2.37. The molecule has 4 nitrogen and oxygen atoms in total. The molecule has 2 aromatic rings. The van der Waals surface area contributed by atoms with Gasteiger partial charge in [0.1, 0.15) is 5.82 Å². The van der Waals surface area contributed by atoms with E-state index in [1.165, 1.54) is 24.3 Å². The molecular formula is C19H17ClFNO3. The predicted molar refractivity (Wildman–Crippen MR) is 95.9 cm³/mol. The number of aryl methyl sites for hydroxylation is 1. The molecule has 25 heavy (non-hydrogen) atoms. The van der Waals surface area contributed by atoms with Crippen LogP contribution in [0.5, 0.6) is 0 Å². The first-order valence-electron chi connectivity index (χ1n) is 7.68. The SMILES string of the molecule is CCc1ccccc1NC(=O)COC(=O)/C=C/c1c(F)cccc1Cl. The van der Waals surface area contributed by atoms with Crippen molar-refractivity contribution < 1.29 is 18.7 Å². The topological polar surface area (TPSA) is 55.4 Å². The summed E-state index contributed by atoms with van der Waals surface area (Å²) in [5.74, 6) is -1.77. The van der Waals surface area contributed by atoms with Crippen LogP contribution in [0.4, 0.5) is 10.1 Å². The highest BCUT2D eigenvalue weighted by Crippen LogP contribution is 2.20. The number of esters is 1. The summed E-state index contributed by atoms with van der Waals surface area (Å²) in [4.78, 5) is 23.5. The van der Waals surface area contributed by atoms with Crippen LogP contribution < -0.4 is 5.32 Å². The molecule has 0 unspecified atom stereocenters. The number of benzene rings is 2. The van der Waals surface area contributed by atoms with E-state index >= 15 is 0 Å². The van der Waals surface area contributed by atoms with Gasteiger partial charge in [-0.2, -0.15) is 0 Å². The Hall–Kier alpha value is -2.66. The summed E-state index contributed by atoms with van der Waals surface area (Å²) in [6, 6.07) is 11.6. The highest BCUT2D eigenvalue weighted by molar-refractivity contribution is 6.32. The van der Waals surface area contributed by atoms with Gasteiger partial charge in [0.2, 0.25) is 0 Å². The Morgan fingerprint density at radius 3 is 2.68 bits per heavy atom. The molecule has 0 aliphatic rings. The van der Waals surface area contributed by atoms with Crippen molar-refractivity contribution in [3.05, 3.63) is 70.5 Å². The van der Waals surface area contributed by atoms with Crippen LogP contribution in [-0.4, -0.2) is 18.5 Å². The Bertz CT molecular complexity index is 785. The second-order valence-electron chi connectivity index (χ2n) is 5.14. The van der Waals surface area contributed by atoms with E-state index < -0.39 is 24.3 Å². The van der Waals surface area contributed by atoms with E-state index in [-0.39, 0.29) is 10.6 Å². The number of anilines is 1. The first kappa shape index (κ1) is 18.7. The van der Waals surface area contributed by atoms with E-state index in [4.69, 9.17) is 16.3 Å². The molecule has 6 heteroatoms. The van der Waals surface area contributed by atoms with Crippen molar-refractivity contribution in [2.45, 2.75) is 13.3 Å². The van der Waals surface area contributed by atoms with Crippen molar-refractivity contribution in [1.82, 2.24) is 0 Å². The van der Waals surface area contributed by atoms with Crippen molar-refractivity contribution >= 4 is 35.2 Å². The number of rotatable bonds is 6. The van der Waals surface area contributed by atoms with E-state index in [1.54, 1.807) is 6.07 Å². The zero-order valence-electron chi connectivity index (χ0n) is 13.6. The fraction of sp³-hybridized carbons (Fsp3) is 0.158. The first-order valence-corrected chi connectivity index (χ1v) is 8.05. The molecule has 0 atom stereocenters. The molecule has 1 N–H and O–H groups in total. The molecule has 0 saturated carbocycles. The Morgan fingerprint density at radius 1 is 1.20 bits per heavy atom. The van der Waals surface area contributed by atoms with E-state index in [1.807, 2.05) is 25.1 Å². The number of carbonyl (C=O) groups excluding carboxylic acids is 2. The quantitative estimate of drug-likeness (QED) is 0.618. The molecule has 0 fully saturated rings. The van der Waals surface area contributed by atoms with Gasteiger partial charge < -0.3 is 10.1 Å². The molecule has 0 aromatic heterocycles. The number of ether oxygens (including phenoxy) is 1. The van der Waals surface area contributed by atoms with Gasteiger partial charge in [-0.05, 0) is 36.3 Å². The van der Waals surface area contributed by atoms with E-state index in [9.17, 15) is 14.0 Å². The average Bonchev–Trinajstić information content (AvgIpc) is 2.60. The van der Waals surface area contributed by atoms with Crippen LogP contribution in [0.2, 0.25) is 5.02 Å². The maximum Gasteiger partial charge on any atom is 0.331 e. The lowest BCUT2D eigenvalue weighted by Gasteiger charge is -2.09. The van der Waals surface area contributed by atoms with Crippen LogP contribution >= 0.6 is 11.6 Å². The largest absolute Gasteiger partial charge is 0.452 e. The third-order valence-corrected chi connectivity index (χ3v) is 3.73. The molecular weight excluding hydrogens is 345 g/mol. The van der Waals surface area contributed by atoms with Gasteiger partial charge in [-0.25, -0.2) is 9.18 Å². The van der Waals surface area contributed by atoms with Crippen molar-refractivity contribution in [2.75, 3.05) is 11.9 Å². The molecule has 0 bridgehead atoms. The van der Waals surface area contributed by atoms with Gasteiger partial charge in [0.05, 0.1) is 5.02 Å². The Morgan fingerprint density at radius 2 is 1.96 bits per heavy atom. The van der Waals surface area contributed by atoms with Gasteiger partial charge in [-0.1, -0.05) is 42.8 Å². The number of carbonyl (C=O) groups is 2. The summed E-state index contributed by atoms with van der Waals surface area (Å²) >= 11 is 5.85. The fourth-order valence-electron chi connectivity index (χ4n) is 2.14. The lowest BCUT2D eigenvalue weighted by molar-refractivity contribution is -0.142. The summed E-state index contributed by atoms with van der Waals surface area (Å²) in [7, 11) is 0. The van der Waals surface area contributed by atoms with Crippen LogP contribution in [-0.2, 0) is 20.7 Å². The number of amides is 1. The highest BCUT2D eigenvalue weighted by Gasteiger charge is 2.09. The smallest absolute Gasteiger partial charge is 0.331 e. The van der Waals surface area contributed by atoms with Crippen molar-refractivity contribution in [3.8, 4) is 0 Å². The van der Waals surface area contributed by atoms with Gasteiger partial charge in [0.25, 0.3) is 5.91 Å². The number of halogens is 2. The number of hydrogen-bond acceptors (Lipinski definition) is 3. The van der Waals surface area contributed by atoms with Gasteiger partial charge in [0.15, 0.2) is 6.61 Å². The second-order valence-corrected chi connectivity index (χ2v) is 5.54. The molecule has 2 aromatic carbocycles. The van der Waals surface area contributed by atoms with Crippen LogP contribution in [0.15, 0.2) is 48.5 Å². The van der Waals surface area contributed by atoms with Gasteiger partial charge in [-0.3, -0.25) is 4.79 Å². The van der Waals surface area contributed by atoms with Crippen molar-refractivity contribution in [1.29, 1.82) is 0 Å². The molecule has 2 rings (SSSR count). The summed E-state index contributed by atoms with van der Waals surface area (Å²) in [6.07, 6.45) is 3.00. The average molecular weight is 362 g/mol. The maximum atomic E-state index is 13.6. The maximum absolute atomic E-state index is 13.6. The van der Waals surface area contributed by atoms with E-state index in [0.717, 1.165) is 18.1 Å². The zero-order valence-corrected chi connectivity index (χ0v) is 14.3. The molecule has 0 aliphatic heterocycles. The number of hydrogen-bond donors (Lipinski definition) is 1. The first-order chi connectivity index (χ1) is 12.0. The minimum absolute atomic E-state index is 0.0856. The molecule has 0 aliphatic carbocycles. The lowest BCUT2D eigenvalue weighted by atomic mass is 10.1. The molecule has 0 heterocycles. The van der Waals surface area contributed by atoms with Gasteiger partial charge in [-0.15, -0.1) is 0 Å². The highest BCUT2D eigenvalue weighted by atomic mass is 35.5. The van der Waals surface area contributed by atoms with Crippen LogP contribution in [0.3, 0.4) is 0 Å². The summed E-state index contributed by atoms with van der Waals surface area (Å²) in [5, 5.41) is 2.87. The standard InChI is InChI=1S/C19H17ClFNO3/c1-2-13-6-3-4-9-17(13)22-18(23)12-25-19(24)11-10-14-15(20)7-5-8-16(14)21/h3-11H,2,12H2,1H3,(H,22,23)/b11-10+. The molecule has 0 radical (unpaired) electrons. The number of para-hydroxylation sites is 1. The summed E-state index contributed by atoms with van der Waals surface area (Å²) < 4.78 is 18.4. The van der Waals surface area contributed by atoms with E-state index in [2.05, 4.69) is 5.32 Å². The van der Waals surface area contributed by atoms with Crippen LogP contribution in [0.1, 0.15) is 18.1 Å². The predicted octanol–water partition coefficient (Wildman–Crippen LogP) is 4.24. The summed E-state index contributed by atoms with van der Waals surface area (Å²) in [6.45, 7) is 1.54. The molecule has 1 amide bonds. The Labute approximate surface area is 150 Å². The third-order valence-electron chi connectivity index (χ3n) is 3.40. The molecule has 0 spiro atoms. The monoisotopic (exact) mass is 361 g/mol. The molecule has 130 valence electrons. The minimum Gasteiger partial charge on any atom is -0.452 e. The normalized spacial score (nSPS) is 10.7. The zero-order chi connectivity index (χ0) is 18.2. The summed E-state index contributed by atoms with van der Waals surface area (Å²) in [5.41, 5.74) is 1.75. The van der Waals surface area contributed by atoms with Crippen molar-refractivity contribution in [2.24, 2.45) is 0 Å². The van der Waals surface area contributed by atoms with Crippen LogP contribution in [0, 0.1) is 5.82 Å². The lowest BCUT2D eigenvalue weighted by Crippen LogP contribution is -2.20. The van der Waals surface area contributed by atoms with Crippen LogP contribution in [0.25, 0.3) is 6.08 Å². The van der Waals surface area contributed by atoms with Gasteiger partial charge in [0, 0.05) is 17.3 Å². The second kappa shape index (κ2) is 8.99. The Kier molecular flexibility index (Phi) is 6.71. The van der Waals surface area contributed by atoms with Gasteiger partial charge >= 0.3 is 5.97 Å². The third kappa shape index (κ3) is 5.43.